The Labute approximate surface area is 164 Å². The summed E-state index contributed by atoms with van der Waals surface area (Å²) in [7, 11) is 0. The van der Waals surface area contributed by atoms with E-state index in [4.69, 9.17) is 0 Å². The van der Waals surface area contributed by atoms with Gasteiger partial charge in [-0.2, -0.15) is 0 Å². The number of amides is 2. The second-order valence-corrected chi connectivity index (χ2v) is 7.33. The molecule has 2 aliphatic rings. The Balaban J connectivity index is 1.36. The number of carbonyl (C=O) groups is 2. The van der Waals surface area contributed by atoms with Gasteiger partial charge in [-0.25, -0.2) is 4.98 Å². The first-order chi connectivity index (χ1) is 13.7. The standard InChI is InChI=1S/C22H24N4O2/c27-20(10-7-16-3-1-11-23-14-16)25-17-8-5-15(6-9-17)13-19-18-4-2-12-24-21(18)26-22(19)28/h2,4-6,8-9,12-13,16,23H,1,3,7,10-11,14H2,(H,25,27)(H,24,26,28). The highest BCUT2D eigenvalue weighted by molar-refractivity contribution is 6.34. The molecule has 2 aromatic rings. The normalized spacial score (nSPS) is 19.9. The van der Waals surface area contributed by atoms with Crippen molar-refractivity contribution in [1.82, 2.24) is 10.3 Å². The molecule has 6 nitrogen and oxygen atoms in total. The molecule has 2 aliphatic heterocycles. The van der Waals surface area contributed by atoms with Gasteiger partial charge in [0.25, 0.3) is 5.91 Å². The number of benzene rings is 1. The van der Waals surface area contributed by atoms with Gasteiger partial charge in [0.1, 0.15) is 5.82 Å². The van der Waals surface area contributed by atoms with Gasteiger partial charge in [-0.1, -0.05) is 12.1 Å². The van der Waals surface area contributed by atoms with E-state index in [1.165, 1.54) is 12.8 Å². The lowest BCUT2D eigenvalue weighted by molar-refractivity contribution is -0.116. The predicted molar refractivity (Wildman–Crippen MR) is 111 cm³/mol. The van der Waals surface area contributed by atoms with Crippen molar-refractivity contribution in [2.24, 2.45) is 5.92 Å². The lowest BCUT2D eigenvalue weighted by Crippen LogP contribution is -2.30. The smallest absolute Gasteiger partial charge is 0.257 e. The van der Waals surface area contributed by atoms with Gasteiger partial charge in [0, 0.05) is 23.9 Å². The van der Waals surface area contributed by atoms with Gasteiger partial charge in [-0.05, 0) is 74.2 Å². The van der Waals surface area contributed by atoms with E-state index in [2.05, 4.69) is 20.9 Å². The second kappa shape index (κ2) is 8.35. The lowest BCUT2D eigenvalue weighted by Gasteiger charge is -2.22. The second-order valence-electron chi connectivity index (χ2n) is 7.33. The van der Waals surface area contributed by atoms with Crippen LogP contribution in [0.2, 0.25) is 0 Å². The monoisotopic (exact) mass is 376 g/mol. The summed E-state index contributed by atoms with van der Waals surface area (Å²) in [6.45, 7) is 2.11. The number of aromatic nitrogens is 1. The summed E-state index contributed by atoms with van der Waals surface area (Å²) < 4.78 is 0. The molecule has 6 heteroatoms. The van der Waals surface area contributed by atoms with Crippen LogP contribution in [0.5, 0.6) is 0 Å². The summed E-state index contributed by atoms with van der Waals surface area (Å²) in [5.74, 6) is 1.09. The molecule has 1 aromatic heterocycles. The zero-order chi connectivity index (χ0) is 19.3. The van der Waals surface area contributed by atoms with Gasteiger partial charge >= 0.3 is 0 Å². The van der Waals surface area contributed by atoms with Crippen LogP contribution >= 0.6 is 0 Å². The fraction of sp³-hybridized carbons (Fsp3) is 0.318. The molecular formula is C22H24N4O2. The molecule has 2 amide bonds. The Morgan fingerprint density at radius 3 is 2.89 bits per heavy atom. The van der Waals surface area contributed by atoms with Crippen LogP contribution in [0.25, 0.3) is 11.6 Å². The van der Waals surface area contributed by atoms with Crippen molar-refractivity contribution in [3.8, 4) is 0 Å². The van der Waals surface area contributed by atoms with Gasteiger partial charge in [0.2, 0.25) is 5.91 Å². The molecule has 144 valence electrons. The van der Waals surface area contributed by atoms with E-state index < -0.39 is 0 Å². The van der Waals surface area contributed by atoms with Crippen LogP contribution in [0.15, 0.2) is 42.6 Å². The highest BCUT2D eigenvalue weighted by Crippen LogP contribution is 2.31. The van der Waals surface area contributed by atoms with Crippen molar-refractivity contribution in [2.75, 3.05) is 23.7 Å². The third-order valence-corrected chi connectivity index (χ3v) is 5.26. The number of hydrogen-bond donors (Lipinski definition) is 3. The Morgan fingerprint density at radius 2 is 2.11 bits per heavy atom. The summed E-state index contributed by atoms with van der Waals surface area (Å²) in [4.78, 5) is 28.5. The largest absolute Gasteiger partial charge is 0.326 e. The zero-order valence-corrected chi connectivity index (χ0v) is 15.7. The minimum atomic E-state index is -0.150. The lowest BCUT2D eigenvalue weighted by atomic mass is 9.94. The van der Waals surface area contributed by atoms with E-state index in [1.807, 2.05) is 42.5 Å². The topological polar surface area (TPSA) is 83.1 Å². The van der Waals surface area contributed by atoms with E-state index in [-0.39, 0.29) is 11.8 Å². The molecule has 0 radical (unpaired) electrons. The van der Waals surface area contributed by atoms with Crippen LogP contribution in [0, 0.1) is 5.92 Å². The molecule has 0 bridgehead atoms. The third-order valence-electron chi connectivity index (χ3n) is 5.26. The van der Waals surface area contributed by atoms with Gasteiger partial charge in [-0.3, -0.25) is 9.59 Å². The number of hydrogen-bond acceptors (Lipinski definition) is 4. The molecule has 28 heavy (non-hydrogen) atoms. The molecule has 1 fully saturated rings. The van der Waals surface area contributed by atoms with Crippen molar-refractivity contribution in [3.05, 3.63) is 53.7 Å². The molecule has 1 unspecified atom stereocenters. The summed E-state index contributed by atoms with van der Waals surface area (Å²) in [6.07, 6.45) is 7.36. The van der Waals surface area contributed by atoms with Crippen molar-refractivity contribution >= 4 is 35.0 Å². The molecule has 3 heterocycles. The molecule has 0 aliphatic carbocycles. The first kappa shape index (κ1) is 18.4. The molecule has 4 rings (SSSR count). The number of nitrogens with zero attached hydrogens (tertiary/aromatic N) is 1. The fourth-order valence-electron chi connectivity index (χ4n) is 3.72. The number of rotatable bonds is 5. The summed E-state index contributed by atoms with van der Waals surface area (Å²) in [5, 5.41) is 9.11. The Bertz CT molecular complexity index is 899. The maximum absolute atomic E-state index is 12.2. The molecular weight excluding hydrogens is 352 g/mol. The van der Waals surface area contributed by atoms with E-state index in [0.29, 0.717) is 23.7 Å². The first-order valence-corrected chi connectivity index (χ1v) is 9.78. The van der Waals surface area contributed by atoms with E-state index >= 15 is 0 Å². The van der Waals surface area contributed by atoms with Gasteiger partial charge in [0.15, 0.2) is 0 Å². The number of piperidine rings is 1. The number of pyridine rings is 1. The molecule has 1 atom stereocenters. The highest BCUT2D eigenvalue weighted by Gasteiger charge is 2.24. The Kier molecular flexibility index (Phi) is 5.48. The van der Waals surface area contributed by atoms with Crippen molar-refractivity contribution in [1.29, 1.82) is 0 Å². The van der Waals surface area contributed by atoms with Crippen LogP contribution in [0.4, 0.5) is 11.5 Å². The fourth-order valence-corrected chi connectivity index (χ4v) is 3.72. The molecule has 0 spiro atoms. The van der Waals surface area contributed by atoms with Crippen molar-refractivity contribution in [3.63, 3.8) is 0 Å². The number of anilines is 2. The van der Waals surface area contributed by atoms with Gasteiger partial charge in [-0.15, -0.1) is 0 Å². The van der Waals surface area contributed by atoms with Crippen LogP contribution < -0.4 is 16.0 Å². The van der Waals surface area contributed by atoms with E-state index in [9.17, 15) is 9.59 Å². The summed E-state index contributed by atoms with van der Waals surface area (Å²) >= 11 is 0. The van der Waals surface area contributed by atoms with E-state index in [1.54, 1.807) is 6.20 Å². The van der Waals surface area contributed by atoms with Crippen LogP contribution in [0.3, 0.4) is 0 Å². The minimum absolute atomic E-state index is 0.0480. The number of carbonyl (C=O) groups excluding carboxylic acids is 2. The van der Waals surface area contributed by atoms with Crippen molar-refractivity contribution in [2.45, 2.75) is 25.7 Å². The quantitative estimate of drug-likeness (QED) is 0.699. The molecule has 0 saturated carbocycles. The number of fused-ring (bicyclic) bond motifs is 1. The highest BCUT2D eigenvalue weighted by atomic mass is 16.2. The molecule has 1 aromatic carbocycles. The van der Waals surface area contributed by atoms with Gasteiger partial charge < -0.3 is 16.0 Å². The Hall–Kier alpha value is -2.99. The number of nitrogens with one attached hydrogen (secondary N) is 3. The van der Waals surface area contributed by atoms with Crippen LogP contribution in [-0.2, 0) is 9.59 Å². The molecule has 3 N–H and O–H groups in total. The summed E-state index contributed by atoms with van der Waals surface area (Å²) in [6, 6.07) is 11.2. The van der Waals surface area contributed by atoms with Crippen LogP contribution in [-0.4, -0.2) is 29.9 Å². The average molecular weight is 376 g/mol. The SMILES string of the molecule is O=C(CCC1CCCNC1)Nc1ccc(C=C2C(=O)Nc3ncccc32)cc1. The maximum Gasteiger partial charge on any atom is 0.257 e. The Morgan fingerprint density at radius 1 is 1.25 bits per heavy atom. The van der Waals surface area contributed by atoms with E-state index in [0.717, 1.165) is 36.3 Å². The van der Waals surface area contributed by atoms with Gasteiger partial charge in [0.05, 0.1) is 5.57 Å². The molecule has 1 saturated heterocycles. The minimum Gasteiger partial charge on any atom is -0.326 e. The average Bonchev–Trinajstić information content (AvgIpc) is 3.04. The van der Waals surface area contributed by atoms with Crippen LogP contribution in [0.1, 0.15) is 36.8 Å². The summed E-state index contributed by atoms with van der Waals surface area (Å²) in [5.41, 5.74) is 3.07. The predicted octanol–water partition coefficient (Wildman–Crippen LogP) is 3.29. The zero-order valence-electron chi connectivity index (χ0n) is 15.7. The van der Waals surface area contributed by atoms with Crippen molar-refractivity contribution < 1.29 is 9.59 Å². The third kappa shape index (κ3) is 4.28. The maximum atomic E-state index is 12.2. The first-order valence-electron chi connectivity index (χ1n) is 9.78.